The lowest BCUT2D eigenvalue weighted by Crippen LogP contribution is -2.41. The minimum Gasteiger partial charge on any atom is -0.338 e. The number of hydrogen-bond acceptors (Lipinski definition) is 5. The molecule has 0 amide bonds. The van der Waals surface area contributed by atoms with Crippen molar-refractivity contribution < 1.29 is 8.91 Å². The van der Waals surface area contributed by atoms with Gasteiger partial charge in [-0.25, -0.2) is 4.39 Å². The maximum atomic E-state index is 13.4. The third-order valence-corrected chi connectivity index (χ3v) is 6.03. The first kappa shape index (κ1) is 21.7. The van der Waals surface area contributed by atoms with Crippen LogP contribution in [0.15, 0.2) is 59.1 Å². The molecule has 1 atom stereocenters. The summed E-state index contributed by atoms with van der Waals surface area (Å²) in [5.74, 6) is 1.79. The van der Waals surface area contributed by atoms with Crippen molar-refractivity contribution in [3.63, 3.8) is 0 Å². The minimum absolute atomic E-state index is 0.149. The molecule has 0 bridgehead atoms. The summed E-state index contributed by atoms with van der Waals surface area (Å²) in [6.07, 6.45) is 3.35. The van der Waals surface area contributed by atoms with Gasteiger partial charge in [0.05, 0.1) is 6.54 Å². The van der Waals surface area contributed by atoms with Crippen molar-refractivity contribution in [2.45, 2.75) is 32.7 Å². The van der Waals surface area contributed by atoms with Gasteiger partial charge in [-0.15, -0.1) is 0 Å². The molecule has 0 aliphatic carbocycles. The van der Waals surface area contributed by atoms with E-state index in [1.807, 2.05) is 36.4 Å². The van der Waals surface area contributed by atoms with Crippen LogP contribution in [0, 0.1) is 11.7 Å². The fraction of sp³-hybridized carbons (Fsp3) is 0.440. The molecule has 31 heavy (non-hydrogen) atoms. The molecule has 164 valence electrons. The van der Waals surface area contributed by atoms with Crippen molar-refractivity contribution in [3.05, 3.63) is 71.9 Å². The summed E-state index contributed by atoms with van der Waals surface area (Å²) in [6.45, 7) is 8.02. The van der Waals surface area contributed by atoms with Crippen LogP contribution in [0.25, 0.3) is 11.4 Å². The van der Waals surface area contributed by atoms with Crippen LogP contribution in [-0.2, 0) is 13.0 Å². The molecule has 1 fully saturated rings. The molecule has 5 nitrogen and oxygen atoms in total. The van der Waals surface area contributed by atoms with Gasteiger partial charge in [-0.1, -0.05) is 54.5 Å². The van der Waals surface area contributed by atoms with E-state index in [1.54, 1.807) is 12.1 Å². The Morgan fingerprint density at radius 1 is 1.16 bits per heavy atom. The molecular weight excluding hydrogens is 391 g/mol. The van der Waals surface area contributed by atoms with Gasteiger partial charge in [0.1, 0.15) is 5.82 Å². The van der Waals surface area contributed by atoms with Crippen molar-refractivity contribution in [1.29, 1.82) is 0 Å². The average molecular weight is 423 g/mol. The molecule has 0 radical (unpaired) electrons. The second-order valence-electron chi connectivity index (χ2n) is 8.39. The smallest absolute Gasteiger partial charge is 0.241 e. The van der Waals surface area contributed by atoms with Crippen molar-refractivity contribution in [1.82, 2.24) is 19.9 Å². The monoisotopic (exact) mass is 422 g/mol. The summed E-state index contributed by atoms with van der Waals surface area (Å²) in [6, 6.07) is 16.9. The Balaban J connectivity index is 1.28. The largest absolute Gasteiger partial charge is 0.338 e. The van der Waals surface area contributed by atoms with Gasteiger partial charge in [-0.05, 0) is 56.0 Å². The van der Waals surface area contributed by atoms with E-state index in [0.29, 0.717) is 24.2 Å². The molecule has 4 rings (SSSR count). The van der Waals surface area contributed by atoms with Crippen molar-refractivity contribution >= 4 is 0 Å². The van der Waals surface area contributed by atoms with Crippen LogP contribution in [0.5, 0.6) is 0 Å². The average Bonchev–Trinajstić information content (AvgIpc) is 3.27. The Hall–Kier alpha value is -2.57. The zero-order chi connectivity index (χ0) is 21.5. The van der Waals surface area contributed by atoms with Crippen molar-refractivity contribution in [2.24, 2.45) is 5.92 Å². The standard InChI is InChI=1S/C25H31FN4O/c1-2-29(19-24-27-25(28-31-24)22-10-4-3-5-11-22)17-21-9-7-14-30(18-21)15-13-20-8-6-12-23(26)16-20/h3-6,8,10-12,16,21H,2,7,9,13-15,17-19H2,1H3/t21-/m1/s1. The van der Waals surface area contributed by atoms with Crippen LogP contribution in [0.2, 0.25) is 0 Å². The molecule has 0 N–H and O–H groups in total. The van der Waals surface area contributed by atoms with E-state index < -0.39 is 0 Å². The van der Waals surface area contributed by atoms with Gasteiger partial charge in [0.15, 0.2) is 0 Å². The zero-order valence-electron chi connectivity index (χ0n) is 18.2. The Kier molecular flexibility index (Phi) is 7.43. The Morgan fingerprint density at radius 2 is 2.03 bits per heavy atom. The van der Waals surface area contributed by atoms with Gasteiger partial charge in [0.2, 0.25) is 11.7 Å². The molecule has 0 spiro atoms. The summed E-state index contributed by atoms with van der Waals surface area (Å²) >= 11 is 0. The van der Waals surface area contributed by atoms with Gasteiger partial charge >= 0.3 is 0 Å². The van der Waals surface area contributed by atoms with E-state index in [0.717, 1.165) is 50.3 Å². The number of hydrogen-bond donors (Lipinski definition) is 0. The van der Waals surface area contributed by atoms with Gasteiger partial charge in [-0.2, -0.15) is 4.98 Å². The van der Waals surface area contributed by atoms with Gasteiger partial charge < -0.3 is 9.42 Å². The number of likely N-dealkylation sites (tertiary alicyclic amines) is 1. The first-order chi connectivity index (χ1) is 15.2. The van der Waals surface area contributed by atoms with E-state index in [2.05, 4.69) is 26.9 Å². The van der Waals surface area contributed by atoms with Crippen LogP contribution in [-0.4, -0.2) is 52.7 Å². The van der Waals surface area contributed by atoms with Gasteiger partial charge in [-0.3, -0.25) is 4.90 Å². The van der Waals surface area contributed by atoms with Crippen LogP contribution in [0.3, 0.4) is 0 Å². The van der Waals surface area contributed by atoms with Gasteiger partial charge in [0, 0.05) is 25.2 Å². The first-order valence-electron chi connectivity index (χ1n) is 11.3. The third-order valence-electron chi connectivity index (χ3n) is 6.03. The highest BCUT2D eigenvalue weighted by Gasteiger charge is 2.22. The quantitative estimate of drug-likeness (QED) is 0.502. The molecule has 2 heterocycles. The maximum absolute atomic E-state index is 13.4. The Bertz CT molecular complexity index is 945. The summed E-state index contributed by atoms with van der Waals surface area (Å²) in [5.41, 5.74) is 2.05. The summed E-state index contributed by atoms with van der Waals surface area (Å²) in [4.78, 5) is 9.50. The Morgan fingerprint density at radius 3 is 2.84 bits per heavy atom. The Labute approximate surface area is 183 Å². The second kappa shape index (κ2) is 10.6. The fourth-order valence-corrected chi connectivity index (χ4v) is 4.37. The lowest BCUT2D eigenvalue weighted by atomic mass is 9.97. The lowest BCUT2D eigenvalue weighted by Gasteiger charge is -2.35. The van der Waals surface area contributed by atoms with E-state index in [1.165, 1.54) is 18.9 Å². The van der Waals surface area contributed by atoms with E-state index >= 15 is 0 Å². The molecule has 1 aliphatic rings. The SMILES string of the molecule is CCN(Cc1nc(-c2ccccc2)no1)C[C@H]1CCCN(CCc2cccc(F)c2)C1. The van der Waals surface area contributed by atoms with Crippen LogP contribution in [0.1, 0.15) is 31.2 Å². The van der Waals surface area contributed by atoms with Crippen molar-refractivity contribution in [2.75, 3.05) is 32.7 Å². The number of piperidine rings is 1. The van der Waals surface area contributed by atoms with Crippen LogP contribution >= 0.6 is 0 Å². The number of aromatic nitrogens is 2. The maximum Gasteiger partial charge on any atom is 0.241 e. The normalized spacial score (nSPS) is 17.3. The molecule has 0 saturated carbocycles. The van der Waals surface area contributed by atoms with Crippen LogP contribution < -0.4 is 0 Å². The molecule has 2 aromatic carbocycles. The van der Waals surface area contributed by atoms with Crippen molar-refractivity contribution in [3.8, 4) is 11.4 Å². The van der Waals surface area contributed by atoms with E-state index in [9.17, 15) is 4.39 Å². The highest BCUT2D eigenvalue weighted by Crippen LogP contribution is 2.20. The second-order valence-corrected chi connectivity index (χ2v) is 8.39. The van der Waals surface area contributed by atoms with E-state index in [-0.39, 0.29) is 5.82 Å². The molecule has 1 aliphatic heterocycles. The number of rotatable bonds is 9. The lowest BCUT2D eigenvalue weighted by molar-refractivity contribution is 0.126. The molecular formula is C25H31FN4O. The summed E-state index contributed by atoms with van der Waals surface area (Å²) in [7, 11) is 0. The zero-order valence-corrected chi connectivity index (χ0v) is 18.2. The minimum atomic E-state index is -0.149. The topological polar surface area (TPSA) is 45.4 Å². The first-order valence-corrected chi connectivity index (χ1v) is 11.3. The number of halogens is 1. The van der Waals surface area contributed by atoms with Gasteiger partial charge in [0.25, 0.3) is 0 Å². The predicted octanol–water partition coefficient (Wildman–Crippen LogP) is 4.65. The third kappa shape index (κ3) is 6.21. The molecule has 0 unspecified atom stereocenters. The number of benzene rings is 2. The molecule has 1 aromatic heterocycles. The summed E-state index contributed by atoms with van der Waals surface area (Å²) < 4.78 is 18.9. The predicted molar refractivity (Wildman–Crippen MR) is 120 cm³/mol. The highest BCUT2D eigenvalue weighted by atomic mass is 19.1. The van der Waals surface area contributed by atoms with Crippen LogP contribution in [0.4, 0.5) is 4.39 Å². The summed E-state index contributed by atoms with van der Waals surface area (Å²) in [5, 5.41) is 4.14. The molecule has 6 heteroatoms. The molecule has 1 saturated heterocycles. The molecule has 3 aromatic rings. The highest BCUT2D eigenvalue weighted by molar-refractivity contribution is 5.53. The van der Waals surface area contributed by atoms with E-state index in [4.69, 9.17) is 4.52 Å². The number of nitrogens with zero attached hydrogens (tertiary/aromatic N) is 4. The fourth-order valence-electron chi connectivity index (χ4n) is 4.37.